The number of hydrogen-bond donors (Lipinski definition) is 1. The standard InChI is InChI=1S/C11H14FN3O3/c1-14(2)6-5-13-11(16)8-3-4-9(12)10(7-8)15(17)18/h3-4,7H,5-6H2,1-2H3,(H,13,16). The van der Waals surface area contributed by atoms with Crippen LogP contribution in [0.25, 0.3) is 0 Å². The minimum absolute atomic E-state index is 0.0712. The third-order valence-corrected chi connectivity index (χ3v) is 2.25. The van der Waals surface area contributed by atoms with Gasteiger partial charge in [0, 0.05) is 24.7 Å². The van der Waals surface area contributed by atoms with Crippen molar-refractivity contribution in [3.8, 4) is 0 Å². The van der Waals surface area contributed by atoms with Crippen molar-refractivity contribution in [2.24, 2.45) is 0 Å². The van der Waals surface area contributed by atoms with Gasteiger partial charge in [0.2, 0.25) is 5.82 Å². The van der Waals surface area contributed by atoms with Crippen LogP contribution in [0, 0.1) is 15.9 Å². The van der Waals surface area contributed by atoms with Gasteiger partial charge in [0.25, 0.3) is 5.91 Å². The van der Waals surface area contributed by atoms with Gasteiger partial charge in [-0.2, -0.15) is 4.39 Å². The van der Waals surface area contributed by atoms with Gasteiger partial charge in [-0.05, 0) is 26.2 Å². The van der Waals surface area contributed by atoms with Crippen LogP contribution < -0.4 is 5.32 Å². The maximum Gasteiger partial charge on any atom is 0.305 e. The Bertz CT molecular complexity index is 463. The van der Waals surface area contributed by atoms with Crippen LogP contribution in [0.15, 0.2) is 18.2 Å². The van der Waals surface area contributed by atoms with Gasteiger partial charge >= 0.3 is 5.69 Å². The summed E-state index contributed by atoms with van der Waals surface area (Å²) in [4.78, 5) is 23.2. The van der Waals surface area contributed by atoms with E-state index in [9.17, 15) is 19.3 Å². The molecule has 6 nitrogen and oxygen atoms in total. The van der Waals surface area contributed by atoms with Gasteiger partial charge < -0.3 is 10.2 Å². The molecule has 0 radical (unpaired) electrons. The van der Waals surface area contributed by atoms with Crippen molar-refractivity contribution in [2.45, 2.75) is 0 Å². The highest BCUT2D eigenvalue weighted by molar-refractivity contribution is 5.94. The third kappa shape index (κ3) is 3.77. The fraction of sp³-hybridized carbons (Fsp3) is 0.364. The highest BCUT2D eigenvalue weighted by Crippen LogP contribution is 2.18. The van der Waals surface area contributed by atoms with E-state index in [-0.39, 0.29) is 5.56 Å². The summed E-state index contributed by atoms with van der Waals surface area (Å²) in [5.74, 6) is -1.41. The summed E-state index contributed by atoms with van der Waals surface area (Å²) >= 11 is 0. The number of amides is 1. The van der Waals surface area contributed by atoms with E-state index < -0.39 is 22.3 Å². The van der Waals surface area contributed by atoms with Crippen LogP contribution in [-0.2, 0) is 0 Å². The Morgan fingerprint density at radius 3 is 2.72 bits per heavy atom. The monoisotopic (exact) mass is 255 g/mol. The number of nitrogens with zero attached hydrogens (tertiary/aromatic N) is 2. The molecule has 0 saturated heterocycles. The number of carbonyl (C=O) groups excluding carboxylic acids is 1. The maximum atomic E-state index is 13.1. The molecule has 0 bridgehead atoms. The number of rotatable bonds is 5. The molecule has 0 heterocycles. The molecule has 1 amide bonds. The molecule has 0 saturated carbocycles. The van der Waals surface area contributed by atoms with Gasteiger partial charge in [-0.1, -0.05) is 0 Å². The first kappa shape index (κ1) is 14.0. The van der Waals surface area contributed by atoms with Crippen molar-refractivity contribution in [1.29, 1.82) is 0 Å². The van der Waals surface area contributed by atoms with E-state index in [2.05, 4.69) is 5.32 Å². The first-order valence-corrected chi connectivity index (χ1v) is 5.28. The lowest BCUT2D eigenvalue weighted by Crippen LogP contribution is -2.31. The molecule has 0 aromatic heterocycles. The van der Waals surface area contributed by atoms with Gasteiger partial charge in [-0.3, -0.25) is 14.9 Å². The van der Waals surface area contributed by atoms with Gasteiger partial charge in [0.15, 0.2) is 0 Å². The van der Waals surface area contributed by atoms with Crippen molar-refractivity contribution < 1.29 is 14.1 Å². The summed E-state index contributed by atoms with van der Waals surface area (Å²) in [6, 6.07) is 3.06. The fourth-order valence-corrected chi connectivity index (χ4v) is 1.29. The molecule has 1 aromatic rings. The second-order valence-electron chi connectivity index (χ2n) is 3.98. The summed E-state index contributed by atoms with van der Waals surface area (Å²) in [6.45, 7) is 1.06. The van der Waals surface area contributed by atoms with Gasteiger partial charge in [-0.15, -0.1) is 0 Å². The van der Waals surface area contributed by atoms with Gasteiger partial charge in [0.05, 0.1) is 4.92 Å². The van der Waals surface area contributed by atoms with Crippen LogP contribution in [0.1, 0.15) is 10.4 Å². The van der Waals surface area contributed by atoms with Crippen LogP contribution in [0.4, 0.5) is 10.1 Å². The third-order valence-electron chi connectivity index (χ3n) is 2.25. The number of carbonyl (C=O) groups is 1. The van der Waals surface area contributed by atoms with Gasteiger partial charge in [-0.25, -0.2) is 0 Å². The van der Waals surface area contributed by atoms with Crippen molar-refractivity contribution >= 4 is 11.6 Å². The first-order chi connectivity index (χ1) is 8.41. The van der Waals surface area contributed by atoms with Crippen LogP contribution in [-0.4, -0.2) is 42.9 Å². The van der Waals surface area contributed by atoms with Crippen molar-refractivity contribution in [2.75, 3.05) is 27.2 Å². The molecule has 0 aliphatic heterocycles. The SMILES string of the molecule is CN(C)CCNC(=O)c1ccc(F)c([N+](=O)[O-])c1. The number of halogens is 1. The van der Waals surface area contributed by atoms with Crippen LogP contribution in [0.5, 0.6) is 0 Å². The Kier molecular flexibility index (Phi) is 4.73. The predicted octanol–water partition coefficient (Wildman–Crippen LogP) is 1.03. The summed E-state index contributed by atoms with van der Waals surface area (Å²) in [6.07, 6.45) is 0. The number of nitrogens with one attached hydrogen (secondary N) is 1. The highest BCUT2D eigenvalue weighted by Gasteiger charge is 2.17. The average molecular weight is 255 g/mol. The molecule has 1 rings (SSSR count). The molecule has 0 fully saturated rings. The van der Waals surface area contributed by atoms with E-state index in [0.29, 0.717) is 13.1 Å². The zero-order valence-electron chi connectivity index (χ0n) is 10.1. The molecule has 0 aliphatic carbocycles. The molecule has 98 valence electrons. The lowest BCUT2D eigenvalue weighted by atomic mass is 10.2. The van der Waals surface area contributed by atoms with Crippen molar-refractivity contribution in [3.05, 3.63) is 39.7 Å². The first-order valence-electron chi connectivity index (χ1n) is 5.28. The van der Waals surface area contributed by atoms with Crippen LogP contribution >= 0.6 is 0 Å². The lowest BCUT2D eigenvalue weighted by molar-refractivity contribution is -0.387. The summed E-state index contributed by atoms with van der Waals surface area (Å²) in [7, 11) is 3.71. The molecule has 0 unspecified atom stereocenters. The topological polar surface area (TPSA) is 75.5 Å². The Morgan fingerprint density at radius 1 is 1.50 bits per heavy atom. The molecule has 1 aromatic carbocycles. The normalized spacial score (nSPS) is 10.4. The van der Waals surface area contributed by atoms with E-state index in [1.165, 1.54) is 6.07 Å². The number of likely N-dealkylation sites (N-methyl/N-ethyl adjacent to an activating group) is 1. The molecular formula is C11H14FN3O3. The summed E-state index contributed by atoms with van der Waals surface area (Å²) in [5, 5.41) is 13.1. The highest BCUT2D eigenvalue weighted by atomic mass is 19.1. The van der Waals surface area contributed by atoms with E-state index in [4.69, 9.17) is 0 Å². The number of nitro benzene ring substituents is 1. The Labute approximate surface area is 104 Å². The smallest absolute Gasteiger partial charge is 0.305 e. The lowest BCUT2D eigenvalue weighted by Gasteiger charge is -2.10. The molecular weight excluding hydrogens is 241 g/mol. The Balaban J connectivity index is 2.74. The second kappa shape index (κ2) is 6.06. The van der Waals surface area contributed by atoms with E-state index in [1.807, 2.05) is 19.0 Å². The Hall–Kier alpha value is -2.02. The number of hydrogen-bond acceptors (Lipinski definition) is 4. The van der Waals surface area contributed by atoms with Crippen molar-refractivity contribution in [3.63, 3.8) is 0 Å². The quantitative estimate of drug-likeness (QED) is 0.629. The molecule has 0 atom stereocenters. The predicted molar refractivity (Wildman–Crippen MR) is 63.9 cm³/mol. The summed E-state index contributed by atoms with van der Waals surface area (Å²) in [5.41, 5.74) is -0.628. The van der Waals surface area contributed by atoms with Crippen molar-refractivity contribution in [1.82, 2.24) is 10.2 Å². The number of nitro groups is 1. The second-order valence-corrected chi connectivity index (χ2v) is 3.98. The van der Waals surface area contributed by atoms with Crippen LogP contribution in [0.2, 0.25) is 0 Å². The average Bonchev–Trinajstić information content (AvgIpc) is 2.28. The minimum atomic E-state index is -0.954. The zero-order valence-corrected chi connectivity index (χ0v) is 10.1. The minimum Gasteiger partial charge on any atom is -0.351 e. The van der Waals surface area contributed by atoms with Gasteiger partial charge in [0.1, 0.15) is 0 Å². The zero-order chi connectivity index (χ0) is 13.7. The Morgan fingerprint density at radius 2 is 2.17 bits per heavy atom. The van der Waals surface area contributed by atoms with E-state index in [0.717, 1.165) is 12.1 Å². The fourth-order valence-electron chi connectivity index (χ4n) is 1.29. The largest absolute Gasteiger partial charge is 0.351 e. The molecule has 7 heteroatoms. The summed E-state index contributed by atoms with van der Waals surface area (Å²) < 4.78 is 13.1. The van der Waals surface area contributed by atoms with E-state index >= 15 is 0 Å². The van der Waals surface area contributed by atoms with Crippen LogP contribution in [0.3, 0.4) is 0 Å². The number of benzene rings is 1. The molecule has 0 aliphatic rings. The van der Waals surface area contributed by atoms with E-state index in [1.54, 1.807) is 0 Å². The molecule has 1 N–H and O–H groups in total. The molecule has 18 heavy (non-hydrogen) atoms. The molecule has 0 spiro atoms. The maximum absolute atomic E-state index is 13.1.